The number of rotatable bonds is 3. The number of ether oxygens (including phenoxy) is 1. The highest BCUT2D eigenvalue weighted by Crippen LogP contribution is 2.23. The first-order valence-electron chi connectivity index (χ1n) is 7.59. The van der Waals surface area contributed by atoms with Crippen LogP contribution in [-0.2, 0) is 4.79 Å². The lowest BCUT2D eigenvalue weighted by Gasteiger charge is -2.20. The van der Waals surface area contributed by atoms with Crippen LogP contribution in [0.15, 0.2) is 36.5 Å². The molecule has 1 amide bonds. The van der Waals surface area contributed by atoms with Gasteiger partial charge >= 0.3 is 0 Å². The number of para-hydroxylation sites is 1. The van der Waals surface area contributed by atoms with E-state index in [9.17, 15) is 4.79 Å². The number of fused-ring (bicyclic) bond motifs is 1. The number of hydrogen-bond donors (Lipinski definition) is 0. The highest BCUT2D eigenvalue weighted by atomic mass is 16.5. The quantitative estimate of drug-likeness (QED) is 0.870. The van der Waals surface area contributed by atoms with Crippen LogP contribution in [0.1, 0.15) is 25.7 Å². The van der Waals surface area contributed by atoms with Gasteiger partial charge in [-0.3, -0.25) is 9.78 Å². The summed E-state index contributed by atoms with van der Waals surface area (Å²) >= 11 is 0. The van der Waals surface area contributed by atoms with E-state index in [0.29, 0.717) is 5.75 Å². The van der Waals surface area contributed by atoms with Gasteiger partial charge in [0.15, 0.2) is 6.61 Å². The van der Waals surface area contributed by atoms with Gasteiger partial charge in [0.05, 0.1) is 0 Å². The van der Waals surface area contributed by atoms with Gasteiger partial charge in [0, 0.05) is 24.7 Å². The second kappa shape index (κ2) is 6.57. The number of hydrogen-bond acceptors (Lipinski definition) is 3. The van der Waals surface area contributed by atoms with Crippen LogP contribution in [0.2, 0.25) is 0 Å². The molecule has 1 aliphatic rings. The Balaban J connectivity index is 1.67. The molecule has 1 fully saturated rings. The van der Waals surface area contributed by atoms with E-state index in [1.54, 1.807) is 6.20 Å². The Bertz CT molecular complexity index is 614. The minimum Gasteiger partial charge on any atom is -0.481 e. The standard InChI is InChI=1S/C17H20N2O2/c20-16(19-11-3-1-2-4-12-19)13-21-15-9-5-7-14-8-6-10-18-17(14)15/h5-10H,1-4,11-13H2. The number of aromatic nitrogens is 1. The summed E-state index contributed by atoms with van der Waals surface area (Å²) in [5, 5.41) is 1.03. The molecule has 2 aromatic rings. The smallest absolute Gasteiger partial charge is 0.260 e. The number of nitrogens with zero attached hydrogens (tertiary/aromatic N) is 2. The third kappa shape index (κ3) is 3.32. The van der Waals surface area contributed by atoms with Crippen LogP contribution in [0.3, 0.4) is 0 Å². The van der Waals surface area contributed by atoms with Crippen LogP contribution >= 0.6 is 0 Å². The zero-order valence-corrected chi connectivity index (χ0v) is 12.1. The molecule has 1 saturated heterocycles. The molecule has 1 aromatic heterocycles. The van der Waals surface area contributed by atoms with E-state index in [-0.39, 0.29) is 12.5 Å². The van der Waals surface area contributed by atoms with Gasteiger partial charge in [-0.05, 0) is 25.0 Å². The molecule has 0 aliphatic carbocycles. The van der Waals surface area contributed by atoms with Gasteiger partial charge in [-0.15, -0.1) is 0 Å². The third-order valence-electron chi connectivity index (χ3n) is 3.91. The van der Waals surface area contributed by atoms with Gasteiger partial charge in [-0.25, -0.2) is 0 Å². The molecule has 2 heterocycles. The summed E-state index contributed by atoms with van der Waals surface area (Å²) in [6.45, 7) is 1.81. The zero-order valence-electron chi connectivity index (χ0n) is 12.1. The summed E-state index contributed by atoms with van der Waals surface area (Å²) in [7, 11) is 0. The molecule has 0 spiro atoms. The molecule has 4 heteroatoms. The van der Waals surface area contributed by atoms with E-state index < -0.39 is 0 Å². The van der Waals surface area contributed by atoms with Crippen molar-refractivity contribution in [1.29, 1.82) is 0 Å². The van der Waals surface area contributed by atoms with E-state index in [4.69, 9.17) is 4.74 Å². The van der Waals surface area contributed by atoms with Gasteiger partial charge < -0.3 is 9.64 Å². The molecule has 0 bridgehead atoms. The van der Waals surface area contributed by atoms with Crippen molar-refractivity contribution in [2.24, 2.45) is 0 Å². The summed E-state index contributed by atoms with van der Waals surface area (Å²) < 4.78 is 5.72. The van der Waals surface area contributed by atoms with Crippen LogP contribution in [0.5, 0.6) is 5.75 Å². The second-order valence-electron chi connectivity index (χ2n) is 5.41. The summed E-state index contributed by atoms with van der Waals surface area (Å²) in [6.07, 6.45) is 6.38. The van der Waals surface area contributed by atoms with Crippen molar-refractivity contribution >= 4 is 16.8 Å². The average molecular weight is 284 g/mol. The first-order valence-corrected chi connectivity index (χ1v) is 7.59. The first kappa shape index (κ1) is 13.9. The Labute approximate surface area is 124 Å². The highest BCUT2D eigenvalue weighted by Gasteiger charge is 2.16. The monoisotopic (exact) mass is 284 g/mol. The molecule has 0 saturated carbocycles. The van der Waals surface area contributed by atoms with Crippen LogP contribution in [0.4, 0.5) is 0 Å². The number of carbonyl (C=O) groups is 1. The molecule has 0 atom stereocenters. The average Bonchev–Trinajstić information content (AvgIpc) is 2.82. The minimum atomic E-state index is 0.0739. The molecule has 4 nitrogen and oxygen atoms in total. The van der Waals surface area contributed by atoms with E-state index in [0.717, 1.165) is 36.8 Å². The summed E-state index contributed by atoms with van der Waals surface area (Å²) in [5.74, 6) is 0.751. The molecule has 1 aromatic carbocycles. The van der Waals surface area contributed by atoms with Crippen molar-refractivity contribution in [3.05, 3.63) is 36.5 Å². The predicted molar refractivity (Wildman–Crippen MR) is 82.3 cm³/mol. The largest absolute Gasteiger partial charge is 0.481 e. The minimum absolute atomic E-state index is 0.0739. The summed E-state index contributed by atoms with van der Waals surface area (Å²) in [6, 6.07) is 9.67. The molecular weight excluding hydrogens is 264 g/mol. The highest BCUT2D eigenvalue weighted by molar-refractivity contribution is 5.85. The molecule has 0 N–H and O–H groups in total. The van der Waals surface area contributed by atoms with E-state index in [1.807, 2.05) is 35.2 Å². The predicted octanol–water partition coefficient (Wildman–Crippen LogP) is 3.02. The zero-order chi connectivity index (χ0) is 14.5. The maximum absolute atomic E-state index is 12.2. The number of amides is 1. The fourth-order valence-electron chi connectivity index (χ4n) is 2.74. The SMILES string of the molecule is O=C(COc1cccc2cccnc12)N1CCCCCC1. The van der Waals surface area contributed by atoms with Crippen LogP contribution < -0.4 is 4.74 Å². The Morgan fingerprint density at radius 3 is 2.67 bits per heavy atom. The third-order valence-corrected chi connectivity index (χ3v) is 3.91. The van der Waals surface area contributed by atoms with Crippen molar-refractivity contribution in [1.82, 2.24) is 9.88 Å². The Morgan fingerprint density at radius 1 is 1.10 bits per heavy atom. The fraction of sp³-hybridized carbons (Fsp3) is 0.412. The van der Waals surface area contributed by atoms with Crippen molar-refractivity contribution in [2.75, 3.05) is 19.7 Å². The Morgan fingerprint density at radius 2 is 1.86 bits per heavy atom. The van der Waals surface area contributed by atoms with Crippen molar-refractivity contribution in [3.8, 4) is 5.75 Å². The molecule has 110 valence electrons. The summed E-state index contributed by atoms with van der Waals surface area (Å²) in [4.78, 5) is 18.5. The maximum atomic E-state index is 12.2. The maximum Gasteiger partial charge on any atom is 0.260 e. The number of pyridine rings is 1. The van der Waals surface area contributed by atoms with Crippen LogP contribution in [-0.4, -0.2) is 35.5 Å². The van der Waals surface area contributed by atoms with Gasteiger partial charge in [0.2, 0.25) is 0 Å². The molecule has 3 rings (SSSR count). The van der Waals surface area contributed by atoms with Crippen molar-refractivity contribution in [3.63, 3.8) is 0 Å². The van der Waals surface area contributed by atoms with Gasteiger partial charge in [-0.2, -0.15) is 0 Å². The Hall–Kier alpha value is -2.10. The topological polar surface area (TPSA) is 42.4 Å². The number of carbonyl (C=O) groups excluding carboxylic acids is 1. The molecular formula is C17H20N2O2. The molecule has 0 unspecified atom stereocenters. The normalized spacial score (nSPS) is 15.7. The molecule has 21 heavy (non-hydrogen) atoms. The molecule has 0 radical (unpaired) electrons. The summed E-state index contributed by atoms with van der Waals surface area (Å²) in [5.41, 5.74) is 0.809. The second-order valence-corrected chi connectivity index (χ2v) is 5.41. The molecule has 1 aliphatic heterocycles. The number of likely N-dealkylation sites (tertiary alicyclic amines) is 1. The van der Waals surface area contributed by atoms with Gasteiger partial charge in [-0.1, -0.05) is 31.0 Å². The van der Waals surface area contributed by atoms with E-state index in [1.165, 1.54) is 12.8 Å². The number of benzene rings is 1. The van der Waals surface area contributed by atoms with Crippen LogP contribution in [0, 0.1) is 0 Å². The van der Waals surface area contributed by atoms with E-state index >= 15 is 0 Å². The van der Waals surface area contributed by atoms with Gasteiger partial charge in [0.25, 0.3) is 5.91 Å². The Kier molecular flexibility index (Phi) is 4.34. The van der Waals surface area contributed by atoms with Gasteiger partial charge in [0.1, 0.15) is 11.3 Å². The van der Waals surface area contributed by atoms with Crippen molar-refractivity contribution < 1.29 is 9.53 Å². The van der Waals surface area contributed by atoms with Crippen molar-refractivity contribution in [2.45, 2.75) is 25.7 Å². The lowest BCUT2D eigenvalue weighted by molar-refractivity contribution is -0.133. The van der Waals surface area contributed by atoms with E-state index in [2.05, 4.69) is 4.98 Å². The fourth-order valence-corrected chi connectivity index (χ4v) is 2.74. The first-order chi connectivity index (χ1) is 10.3. The van der Waals surface area contributed by atoms with Crippen LogP contribution in [0.25, 0.3) is 10.9 Å². The lowest BCUT2D eigenvalue weighted by Crippen LogP contribution is -2.35. The lowest BCUT2D eigenvalue weighted by atomic mass is 10.2.